The predicted octanol–water partition coefficient (Wildman–Crippen LogP) is 11.5. The molecule has 2 unspecified atom stereocenters. The zero-order chi connectivity index (χ0) is 33.4. The van der Waals surface area contributed by atoms with Crippen molar-refractivity contribution in [2.45, 2.75) is 103 Å². The second-order valence-corrected chi connectivity index (χ2v) is 13.9. The maximum absolute atomic E-state index is 10.4. The molecular weight excluding hydrogens is 594 g/mol. The van der Waals surface area contributed by atoms with Crippen molar-refractivity contribution in [2.24, 2.45) is 11.8 Å². The smallest absolute Gasteiger partial charge is 0.139 e. The Hall–Kier alpha value is -2.60. The van der Waals surface area contributed by atoms with Gasteiger partial charge in [-0.15, -0.1) is 11.8 Å². The molecule has 2 atom stereocenters. The monoisotopic (exact) mass is 649 g/mol. The normalized spacial score (nSPS) is 17.0. The number of aromatic nitrogens is 2. The predicted molar refractivity (Wildman–Crippen MR) is 199 cm³/mol. The minimum absolute atomic E-state index is 0.391. The van der Waals surface area contributed by atoms with Gasteiger partial charge in [0, 0.05) is 34.6 Å². The Morgan fingerprint density at radius 1 is 0.844 bits per heavy atom. The van der Waals surface area contributed by atoms with Crippen molar-refractivity contribution in [1.29, 1.82) is 0 Å². The molecule has 45 heavy (non-hydrogen) atoms. The molecule has 3 aromatic carbocycles. The largest absolute Gasteiger partial charge is 0.388 e. The minimum atomic E-state index is -0.407. The SMILES string of the molecule is CC.CC1CCC(C)CC1.CCC(CC(O)c1ccc(C)cc1)Sc1ccc(Cl)cc1.Cc1nc(N(C)C)c2ccccc2n1. The Labute approximate surface area is 283 Å². The van der Waals surface area contributed by atoms with Crippen molar-refractivity contribution in [3.8, 4) is 0 Å². The van der Waals surface area contributed by atoms with Crippen LogP contribution in [0.5, 0.6) is 0 Å². The lowest BCUT2D eigenvalue weighted by Gasteiger charge is -2.22. The van der Waals surface area contributed by atoms with Crippen LogP contribution < -0.4 is 4.90 Å². The maximum Gasteiger partial charge on any atom is 0.139 e. The van der Waals surface area contributed by atoms with Crippen LogP contribution in [0.1, 0.15) is 96.2 Å². The van der Waals surface area contributed by atoms with E-state index < -0.39 is 6.10 Å². The van der Waals surface area contributed by atoms with Crippen LogP contribution in [0, 0.1) is 25.7 Å². The van der Waals surface area contributed by atoms with E-state index in [0.29, 0.717) is 5.25 Å². The zero-order valence-electron chi connectivity index (χ0n) is 29.1. The highest BCUT2D eigenvalue weighted by Gasteiger charge is 2.16. The molecule has 1 aromatic heterocycles. The molecule has 1 saturated carbocycles. The molecule has 1 fully saturated rings. The highest BCUT2D eigenvalue weighted by molar-refractivity contribution is 8.00. The Kier molecular flexibility index (Phi) is 17.6. The van der Waals surface area contributed by atoms with Crippen LogP contribution in [-0.2, 0) is 0 Å². The first-order chi connectivity index (χ1) is 21.5. The molecule has 1 N–H and O–H groups in total. The van der Waals surface area contributed by atoms with E-state index in [1.165, 1.54) is 36.1 Å². The Morgan fingerprint density at radius 2 is 1.40 bits per heavy atom. The van der Waals surface area contributed by atoms with E-state index in [1.54, 1.807) is 11.8 Å². The number of benzene rings is 3. The van der Waals surface area contributed by atoms with E-state index in [9.17, 15) is 5.11 Å². The van der Waals surface area contributed by atoms with Crippen LogP contribution in [0.3, 0.4) is 0 Å². The lowest BCUT2D eigenvalue weighted by Crippen LogP contribution is -2.12. The number of fused-ring (bicyclic) bond motifs is 1. The summed E-state index contributed by atoms with van der Waals surface area (Å²) in [6, 6.07) is 24.1. The maximum atomic E-state index is 10.4. The van der Waals surface area contributed by atoms with Gasteiger partial charge in [0.05, 0.1) is 11.6 Å². The number of anilines is 1. The molecule has 0 bridgehead atoms. The molecule has 246 valence electrons. The van der Waals surface area contributed by atoms with Gasteiger partial charge >= 0.3 is 0 Å². The average Bonchev–Trinajstić information content (AvgIpc) is 3.04. The van der Waals surface area contributed by atoms with E-state index in [0.717, 1.165) is 57.8 Å². The van der Waals surface area contributed by atoms with E-state index in [-0.39, 0.29) is 0 Å². The third kappa shape index (κ3) is 13.7. The van der Waals surface area contributed by atoms with Gasteiger partial charge in [-0.2, -0.15) is 0 Å². The lowest BCUT2D eigenvalue weighted by atomic mass is 9.84. The van der Waals surface area contributed by atoms with Crippen LogP contribution in [0.2, 0.25) is 5.02 Å². The summed E-state index contributed by atoms with van der Waals surface area (Å²) in [5.74, 6) is 3.83. The lowest BCUT2D eigenvalue weighted by molar-refractivity contribution is 0.166. The van der Waals surface area contributed by atoms with E-state index in [4.69, 9.17) is 11.6 Å². The topological polar surface area (TPSA) is 49.3 Å². The zero-order valence-corrected chi connectivity index (χ0v) is 30.6. The fourth-order valence-corrected chi connectivity index (χ4v) is 6.37. The molecule has 1 aliphatic rings. The fourth-order valence-electron chi connectivity index (χ4n) is 5.12. The molecular formula is C39H56ClN3OS. The number of thioether (sulfide) groups is 1. The molecule has 0 spiro atoms. The molecule has 0 aliphatic heterocycles. The summed E-state index contributed by atoms with van der Waals surface area (Å²) >= 11 is 7.71. The van der Waals surface area contributed by atoms with Crippen molar-refractivity contribution < 1.29 is 5.11 Å². The summed E-state index contributed by atoms with van der Waals surface area (Å²) < 4.78 is 0. The van der Waals surface area contributed by atoms with Crippen molar-refractivity contribution in [3.63, 3.8) is 0 Å². The number of halogens is 1. The van der Waals surface area contributed by atoms with E-state index >= 15 is 0 Å². The van der Waals surface area contributed by atoms with Crippen molar-refractivity contribution in [1.82, 2.24) is 9.97 Å². The van der Waals surface area contributed by atoms with Gasteiger partial charge in [-0.3, -0.25) is 0 Å². The minimum Gasteiger partial charge on any atom is -0.388 e. The van der Waals surface area contributed by atoms with Gasteiger partial charge in [0.25, 0.3) is 0 Å². The molecule has 0 radical (unpaired) electrons. The van der Waals surface area contributed by atoms with Crippen LogP contribution in [0.4, 0.5) is 5.82 Å². The van der Waals surface area contributed by atoms with E-state index in [1.807, 2.05) is 113 Å². The Morgan fingerprint density at radius 3 is 1.93 bits per heavy atom. The van der Waals surface area contributed by atoms with Gasteiger partial charge < -0.3 is 10.0 Å². The average molecular weight is 650 g/mol. The van der Waals surface area contributed by atoms with Gasteiger partial charge in [-0.25, -0.2) is 9.97 Å². The van der Waals surface area contributed by atoms with E-state index in [2.05, 4.69) is 37.7 Å². The van der Waals surface area contributed by atoms with Crippen LogP contribution in [0.15, 0.2) is 77.7 Å². The standard InChI is InChI=1S/C18H21ClOS.C11H13N3.C8H16.C2H6/c1-3-16(21-17-10-8-15(19)9-11-17)12-18(20)14-6-4-13(2)5-7-14;1-8-12-10-7-5-4-6-9(10)11(13-8)14(2)3;1-7-3-5-8(2)6-4-7;1-2/h4-11,16,18,20H,3,12H2,1-2H3;4-7H,1-3H3;7-8H,3-6H2,1-2H3;1-2H3. The number of para-hydroxylation sites is 1. The van der Waals surface area contributed by atoms with Gasteiger partial charge in [-0.1, -0.05) is 114 Å². The van der Waals surface area contributed by atoms with Gasteiger partial charge in [0.15, 0.2) is 0 Å². The Balaban J connectivity index is 0.000000251. The summed E-state index contributed by atoms with van der Waals surface area (Å²) in [7, 11) is 3.99. The molecule has 1 heterocycles. The van der Waals surface area contributed by atoms with Crippen LogP contribution >= 0.6 is 23.4 Å². The molecule has 0 amide bonds. The number of aryl methyl sites for hydroxylation is 2. The second-order valence-electron chi connectivity index (χ2n) is 12.1. The summed E-state index contributed by atoms with van der Waals surface area (Å²) in [5.41, 5.74) is 3.22. The third-order valence-electron chi connectivity index (χ3n) is 7.94. The molecule has 1 aliphatic carbocycles. The summed E-state index contributed by atoms with van der Waals surface area (Å²) in [6.45, 7) is 14.9. The molecule has 0 saturated heterocycles. The molecule has 5 rings (SSSR count). The van der Waals surface area contributed by atoms with Crippen LogP contribution in [-0.4, -0.2) is 34.4 Å². The quantitative estimate of drug-likeness (QED) is 0.202. The number of aliphatic hydroxyl groups is 1. The van der Waals surface area contributed by atoms with Crippen molar-refractivity contribution in [2.75, 3.05) is 19.0 Å². The first kappa shape index (κ1) is 38.6. The molecule has 6 heteroatoms. The number of aliphatic hydroxyl groups excluding tert-OH is 1. The summed E-state index contributed by atoms with van der Waals surface area (Å²) in [5, 5.41) is 12.6. The molecule has 4 nitrogen and oxygen atoms in total. The summed E-state index contributed by atoms with van der Waals surface area (Å²) in [6.07, 6.45) is 7.27. The number of rotatable bonds is 7. The van der Waals surface area contributed by atoms with Crippen LogP contribution in [0.25, 0.3) is 10.9 Å². The number of hydrogen-bond donors (Lipinski definition) is 1. The summed E-state index contributed by atoms with van der Waals surface area (Å²) in [4.78, 5) is 12.0. The highest BCUT2D eigenvalue weighted by Crippen LogP contribution is 2.33. The fraction of sp³-hybridized carbons (Fsp3) is 0.487. The Bertz CT molecular complexity index is 1360. The first-order valence-corrected chi connectivity index (χ1v) is 17.9. The van der Waals surface area contributed by atoms with Gasteiger partial charge in [-0.05, 0) is 80.5 Å². The van der Waals surface area contributed by atoms with Gasteiger partial charge in [0.1, 0.15) is 11.6 Å². The number of hydrogen-bond acceptors (Lipinski definition) is 5. The first-order valence-electron chi connectivity index (χ1n) is 16.6. The third-order valence-corrected chi connectivity index (χ3v) is 9.60. The van der Waals surface area contributed by atoms with Gasteiger partial charge in [0.2, 0.25) is 0 Å². The highest BCUT2D eigenvalue weighted by atomic mass is 35.5. The molecule has 4 aromatic rings. The van der Waals surface area contributed by atoms with Crippen molar-refractivity contribution >= 4 is 40.1 Å². The second kappa shape index (κ2) is 20.5. The number of nitrogens with zero attached hydrogens (tertiary/aromatic N) is 3. The van der Waals surface area contributed by atoms with Crippen molar-refractivity contribution in [3.05, 3.63) is 94.8 Å².